The first-order valence-corrected chi connectivity index (χ1v) is 6.89. The van der Waals surface area contributed by atoms with Gasteiger partial charge in [-0.2, -0.15) is 4.31 Å². The third kappa shape index (κ3) is 6.68. The SMILES string of the molecule is CCCCOP(=O)(O)OP(=O)(O)OC. The summed E-state index contributed by atoms with van der Waals surface area (Å²) in [6.45, 7) is 1.84. The van der Waals surface area contributed by atoms with Gasteiger partial charge in [0.15, 0.2) is 0 Å². The Morgan fingerprint density at radius 3 is 2.21 bits per heavy atom. The number of phosphoric ester groups is 2. The topological polar surface area (TPSA) is 102 Å². The lowest BCUT2D eigenvalue weighted by atomic mass is 10.4. The van der Waals surface area contributed by atoms with Crippen LogP contribution in [0.2, 0.25) is 0 Å². The molecule has 2 N–H and O–H groups in total. The second kappa shape index (κ2) is 5.98. The van der Waals surface area contributed by atoms with Gasteiger partial charge in [0.2, 0.25) is 0 Å². The highest BCUT2D eigenvalue weighted by molar-refractivity contribution is 7.61. The number of hydrogen-bond acceptors (Lipinski definition) is 5. The smallest absolute Gasteiger partial charge is 0.302 e. The Kier molecular flexibility index (Phi) is 6.09. The van der Waals surface area contributed by atoms with Gasteiger partial charge in [0.05, 0.1) is 6.61 Å². The number of rotatable bonds is 7. The third-order valence-corrected chi connectivity index (χ3v) is 3.81. The maximum atomic E-state index is 11.0. The summed E-state index contributed by atoms with van der Waals surface area (Å²) in [6, 6.07) is 0. The van der Waals surface area contributed by atoms with Crippen molar-refractivity contribution in [3.63, 3.8) is 0 Å². The zero-order valence-corrected chi connectivity index (χ0v) is 9.74. The molecule has 14 heavy (non-hydrogen) atoms. The van der Waals surface area contributed by atoms with Crippen LogP contribution < -0.4 is 0 Å². The van der Waals surface area contributed by atoms with Crippen molar-refractivity contribution in [3.8, 4) is 0 Å². The van der Waals surface area contributed by atoms with Crippen molar-refractivity contribution in [2.45, 2.75) is 19.8 Å². The predicted molar refractivity (Wildman–Crippen MR) is 48.6 cm³/mol. The lowest BCUT2D eigenvalue weighted by Crippen LogP contribution is -1.96. The minimum Gasteiger partial charge on any atom is -0.302 e. The molecule has 0 saturated heterocycles. The fraction of sp³-hybridized carbons (Fsp3) is 1.00. The van der Waals surface area contributed by atoms with Crippen molar-refractivity contribution in [1.82, 2.24) is 0 Å². The van der Waals surface area contributed by atoms with E-state index in [0.29, 0.717) is 6.42 Å². The maximum absolute atomic E-state index is 11.0. The van der Waals surface area contributed by atoms with Gasteiger partial charge < -0.3 is 9.79 Å². The summed E-state index contributed by atoms with van der Waals surface area (Å²) in [5.41, 5.74) is 0. The van der Waals surface area contributed by atoms with Gasteiger partial charge in [0.25, 0.3) is 0 Å². The van der Waals surface area contributed by atoms with E-state index in [-0.39, 0.29) is 6.61 Å². The zero-order valence-electron chi connectivity index (χ0n) is 7.95. The standard InChI is InChI=1S/C5H14O7P2/c1-3-4-5-11-14(8,9)12-13(6,7)10-2/h3-5H2,1-2H3,(H,6,7)(H,8,9). The molecule has 0 aromatic carbocycles. The first-order chi connectivity index (χ1) is 6.33. The molecular weight excluding hydrogens is 234 g/mol. The lowest BCUT2D eigenvalue weighted by Gasteiger charge is -2.13. The van der Waals surface area contributed by atoms with Crippen LogP contribution in [0.4, 0.5) is 0 Å². The van der Waals surface area contributed by atoms with Crippen LogP contribution in [0.5, 0.6) is 0 Å². The maximum Gasteiger partial charge on any atom is 0.481 e. The van der Waals surface area contributed by atoms with Gasteiger partial charge in [-0.3, -0.25) is 9.05 Å². The number of hydrogen-bond donors (Lipinski definition) is 2. The molecule has 86 valence electrons. The zero-order chi connectivity index (χ0) is 11.2. The molecule has 7 nitrogen and oxygen atoms in total. The summed E-state index contributed by atoms with van der Waals surface area (Å²) in [5, 5.41) is 0. The third-order valence-electron chi connectivity index (χ3n) is 1.19. The Hall–Kier alpha value is 0.260. The average Bonchev–Trinajstić information content (AvgIpc) is 2.03. The van der Waals surface area contributed by atoms with Gasteiger partial charge in [0, 0.05) is 7.11 Å². The van der Waals surface area contributed by atoms with Gasteiger partial charge in [0.1, 0.15) is 0 Å². The van der Waals surface area contributed by atoms with Crippen molar-refractivity contribution in [1.29, 1.82) is 0 Å². The molecule has 0 bridgehead atoms. The van der Waals surface area contributed by atoms with Crippen LogP contribution >= 0.6 is 15.6 Å². The van der Waals surface area contributed by atoms with Gasteiger partial charge in [-0.1, -0.05) is 13.3 Å². The van der Waals surface area contributed by atoms with Gasteiger partial charge in [-0.15, -0.1) is 0 Å². The van der Waals surface area contributed by atoms with Gasteiger partial charge >= 0.3 is 15.6 Å². The van der Waals surface area contributed by atoms with Crippen LogP contribution in [0, 0.1) is 0 Å². The highest BCUT2D eigenvalue weighted by Crippen LogP contribution is 2.59. The van der Waals surface area contributed by atoms with Crippen LogP contribution in [0.3, 0.4) is 0 Å². The Balaban J connectivity index is 4.07. The normalized spacial score (nSPS) is 20.0. The molecule has 0 aliphatic rings. The Morgan fingerprint density at radius 1 is 1.21 bits per heavy atom. The molecule has 0 aromatic heterocycles. The van der Waals surface area contributed by atoms with E-state index in [2.05, 4.69) is 13.4 Å². The molecule has 2 unspecified atom stereocenters. The minimum atomic E-state index is -4.50. The molecule has 0 fully saturated rings. The number of unbranched alkanes of at least 4 members (excludes halogenated alkanes) is 1. The van der Waals surface area contributed by atoms with Crippen LogP contribution in [0.1, 0.15) is 19.8 Å². The van der Waals surface area contributed by atoms with E-state index in [1.807, 2.05) is 6.92 Å². The van der Waals surface area contributed by atoms with Gasteiger partial charge in [-0.05, 0) is 6.42 Å². The van der Waals surface area contributed by atoms with Crippen molar-refractivity contribution in [2.75, 3.05) is 13.7 Å². The van der Waals surface area contributed by atoms with E-state index < -0.39 is 15.6 Å². The van der Waals surface area contributed by atoms with Crippen molar-refractivity contribution in [3.05, 3.63) is 0 Å². The molecule has 0 amide bonds. The molecule has 0 heterocycles. The summed E-state index contributed by atoms with van der Waals surface area (Å²) in [4.78, 5) is 17.6. The summed E-state index contributed by atoms with van der Waals surface area (Å²) < 4.78 is 33.9. The molecule has 2 atom stereocenters. The molecule has 0 aliphatic heterocycles. The summed E-state index contributed by atoms with van der Waals surface area (Å²) in [5.74, 6) is 0. The Morgan fingerprint density at radius 2 is 1.79 bits per heavy atom. The minimum absolute atomic E-state index is 0.0198. The molecule has 0 rings (SSSR count). The average molecular weight is 248 g/mol. The molecule has 0 saturated carbocycles. The number of phosphoric acid groups is 2. The first kappa shape index (κ1) is 14.3. The fourth-order valence-electron chi connectivity index (χ4n) is 0.512. The second-order valence-electron chi connectivity index (χ2n) is 2.39. The van der Waals surface area contributed by atoms with E-state index in [4.69, 9.17) is 9.79 Å². The summed E-state index contributed by atoms with van der Waals surface area (Å²) in [6.07, 6.45) is 1.32. The Labute approximate surface area is 82.2 Å². The van der Waals surface area contributed by atoms with E-state index in [1.54, 1.807) is 0 Å². The predicted octanol–water partition coefficient (Wildman–Crippen LogP) is 1.67. The van der Waals surface area contributed by atoms with E-state index in [0.717, 1.165) is 13.5 Å². The quantitative estimate of drug-likeness (QED) is 0.521. The summed E-state index contributed by atoms with van der Waals surface area (Å²) in [7, 11) is -8.10. The molecule has 0 aromatic rings. The molecule has 0 aliphatic carbocycles. The van der Waals surface area contributed by atoms with Crippen molar-refractivity contribution < 1.29 is 32.3 Å². The second-order valence-corrected chi connectivity index (χ2v) is 5.54. The fourth-order valence-corrected chi connectivity index (χ4v) is 2.37. The van der Waals surface area contributed by atoms with Crippen molar-refractivity contribution in [2.24, 2.45) is 0 Å². The highest BCUT2D eigenvalue weighted by Gasteiger charge is 2.33. The van der Waals surface area contributed by atoms with E-state index in [9.17, 15) is 9.13 Å². The molecule has 0 radical (unpaired) electrons. The van der Waals surface area contributed by atoms with Crippen LogP contribution in [0.15, 0.2) is 0 Å². The highest BCUT2D eigenvalue weighted by atomic mass is 31.3. The largest absolute Gasteiger partial charge is 0.481 e. The van der Waals surface area contributed by atoms with Crippen molar-refractivity contribution >= 4 is 15.6 Å². The van der Waals surface area contributed by atoms with Crippen LogP contribution in [-0.2, 0) is 22.5 Å². The molecule has 9 heteroatoms. The van der Waals surface area contributed by atoms with Crippen LogP contribution in [0.25, 0.3) is 0 Å². The van der Waals surface area contributed by atoms with E-state index in [1.165, 1.54) is 0 Å². The Bertz CT molecular complexity index is 252. The van der Waals surface area contributed by atoms with Gasteiger partial charge in [-0.25, -0.2) is 9.13 Å². The summed E-state index contributed by atoms with van der Waals surface area (Å²) >= 11 is 0. The molecular formula is C5H14O7P2. The monoisotopic (exact) mass is 248 g/mol. The lowest BCUT2D eigenvalue weighted by molar-refractivity contribution is 0.167. The first-order valence-electron chi connectivity index (χ1n) is 3.90. The molecule has 0 spiro atoms. The van der Waals surface area contributed by atoms with E-state index >= 15 is 0 Å². The van der Waals surface area contributed by atoms with Crippen LogP contribution in [-0.4, -0.2) is 23.5 Å².